The maximum atomic E-state index is 11.5. The highest BCUT2D eigenvalue weighted by Crippen LogP contribution is 2.20. The smallest absolute Gasteiger partial charge is 0.212 e. The topological polar surface area (TPSA) is 72.2 Å². The van der Waals surface area contributed by atoms with Gasteiger partial charge in [-0.05, 0) is 18.2 Å². The minimum absolute atomic E-state index is 0.0244. The lowest BCUT2D eigenvalue weighted by Crippen LogP contribution is -2.28. The van der Waals surface area contributed by atoms with E-state index in [0.717, 1.165) is 4.90 Å². The first kappa shape index (κ1) is 15.4. The second kappa shape index (κ2) is 7.04. The highest BCUT2D eigenvalue weighted by atomic mass is 35.5. The van der Waals surface area contributed by atoms with Gasteiger partial charge in [0.2, 0.25) is 10.0 Å². The maximum Gasteiger partial charge on any atom is 0.212 e. The Morgan fingerprint density at radius 2 is 2.22 bits per heavy atom. The summed E-state index contributed by atoms with van der Waals surface area (Å²) in [6.45, 7) is 3.48. The second-order valence-electron chi connectivity index (χ2n) is 3.58. The van der Waals surface area contributed by atoms with Crippen LogP contribution in [0, 0.1) is 0 Å². The van der Waals surface area contributed by atoms with Gasteiger partial charge in [0.05, 0.1) is 5.75 Å². The van der Waals surface area contributed by atoms with Crippen molar-refractivity contribution in [1.29, 1.82) is 0 Å². The molecule has 4 nitrogen and oxygen atoms in total. The number of rotatable bonds is 7. The molecule has 0 unspecified atom stereocenters. The van der Waals surface area contributed by atoms with Crippen LogP contribution in [0.15, 0.2) is 40.8 Å². The number of halogens is 1. The number of sulfonamides is 1. The van der Waals surface area contributed by atoms with Gasteiger partial charge >= 0.3 is 0 Å². The van der Waals surface area contributed by atoms with Gasteiger partial charge in [0.25, 0.3) is 0 Å². The summed E-state index contributed by atoms with van der Waals surface area (Å²) in [4.78, 5) is 0.951. The first-order chi connectivity index (χ1) is 8.39. The van der Waals surface area contributed by atoms with Crippen LogP contribution < -0.4 is 10.5 Å². The van der Waals surface area contributed by atoms with Crippen molar-refractivity contribution in [1.82, 2.24) is 4.72 Å². The summed E-state index contributed by atoms with van der Waals surface area (Å²) in [5, 5.41) is 0.266. The van der Waals surface area contributed by atoms with Crippen molar-refractivity contribution in [2.24, 2.45) is 0 Å². The number of anilines is 1. The molecular formula is C11H15ClN2O2S2. The predicted octanol–water partition coefficient (Wildman–Crippen LogP) is 2.03. The lowest BCUT2D eigenvalue weighted by Gasteiger charge is -2.06. The molecular weight excluding hydrogens is 292 g/mol. The summed E-state index contributed by atoms with van der Waals surface area (Å²) in [5.74, 6) is 0.476. The van der Waals surface area contributed by atoms with Gasteiger partial charge in [-0.1, -0.05) is 24.2 Å². The zero-order valence-electron chi connectivity index (χ0n) is 9.73. The fraction of sp³-hybridized carbons (Fsp3) is 0.273. The van der Waals surface area contributed by atoms with Gasteiger partial charge in [-0.2, -0.15) is 0 Å². The van der Waals surface area contributed by atoms with E-state index in [9.17, 15) is 8.42 Å². The Labute approximate surface area is 117 Å². The average molecular weight is 307 g/mol. The van der Waals surface area contributed by atoms with E-state index in [0.29, 0.717) is 11.4 Å². The third kappa shape index (κ3) is 6.30. The molecule has 0 saturated heterocycles. The van der Waals surface area contributed by atoms with Crippen molar-refractivity contribution in [2.45, 2.75) is 4.90 Å². The standard InChI is InChI=1S/C11H15ClN2O2S2/c1-9(12)8-14-18(15,16)6-5-17-11-4-2-3-10(13)7-11/h2-4,7,14H,1,5-6,8,13H2. The Bertz CT molecular complexity index is 518. The van der Waals surface area contributed by atoms with Crippen molar-refractivity contribution in [2.75, 3.05) is 23.8 Å². The van der Waals surface area contributed by atoms with Crippen LogP contribution in [0.5, 0.6) is 0 Å². The number of hydrogen-bond acceptors (Lipinski definition) is 4. The van der Waals surface area contributed by atoms with Crippen molar-refractivity contribution in [3.05, 3.63) is 35.9 Å². The first-order valence-corrected chi connectivity index (χ1v) is 8.19. The Balaban J connectivity index is 2.39. The van der Waals surface area contributed by atoms with Crippen LogP contribution in [-0.2, 0) is 10.0 Å². The van der Waals surface area contributed by atoms with Gasteiger partial charge in [0.1, 0.15) is 0 Å². The van der Waals surface area contributed by atoms with E-state index < -0.39 is 10.0 Å². The van der Waals surface area contributed by atoms with Crippen molar-refractivity contribution in [3.63, 3.8) is 0 Å². The van der Waals surface area contributed by atoms with Gasteiger partial charge in [0, 0.05) is 27.9 Å². The molecule has 0 spiro atoms. The molecule has 0 saturated carbocycles. The number of nitrogens with one attached hydrogen (secondary N) is 1. The van der Waals surface area contributed by atoms with Gasteiger partial charge in [-0.25, -0.2) is 13.1 Å². The Morgan fingerprint density at radius 3 is 2.83 bits per heavy atom. The minimum Gasteiger partial charge on any atom is -0.399 e. The Hall–Kier alpha value is -0.690. The SMILES string of the molecule is C=C(Cl)CNS(=O)(=O)CCSc1cccc(N)c1. The third-order valence-corrected chi connectivity index (χ3v) is 4.68. The molecule has 0 amide bonds. The summed E-state index contributed by atoms with van der Waals surface area (Å²) in [5.41, 5.74) is 6.29. The fourth-order valence-corrected chi connectivity index (χ4v) is 3.66. The van der Waals surface area contributed by atoms with E-state index in [2.05, 4.69) is 11.3 Å². The molecule has 1 rings (SSSR count). The molecule has 0 heterocycles. The van der Waals surface area contributed by atoms with E-state index in [1.165, 1.54) is 11.8 Å². The summed E-state index contributed by atoms with van der Waals surface area (Å²) in [6.07, 6.45) is 0. The molecule has 0 fully saturated rings. The molecule has 0 bridgehead atoms. The summed E-state index contributed by atoms with van der Waals surface area (Å²) < 4.78 is 25.4. The molecule has 1 aromatic rings. The fourth-order valence-electron chi connectivity index (χ4n) is 1.13. The van der Waals surface area contributed by atoms with Crippen molar-refractivity contribution in [3.8, 4) is 0 Å². The van der Waals surface area contributed by atoms with Crippen LogP contribution in [0.2, 0.25) is 0 Å². The maximum absolute atomic E-state index is 11.5. The number of nitrogen functional groups attached to an aromatic ring is 1. The molecule has 18 heavy (non-hydrogen) atoms. The van der Waals surface area contributed by atoms with E-state index in [4.69, 9.17) is 17.3 Å². The van der Waals surface area contributed by atoms with Gasteiger partial charge < -0.3 is 5.73 Å². The highest BCUT2D eigenvalue weighted by Gasteiger charge is 2.09. The predicted molar refractivity (Wildman–Crippen MR) is 78.4 cm³/mol. The molecule has 0 aliphatic heterocycles. The largest absolute Gasteiger partial charge is 0.399 e. The molecule has 0 aliphatic rings. The molecule has 0 radical (unpaired) electrons. The summed E-state index contributed by atoms with van der Waals surface area (Å²) in [7, 11) is -3.30. The van der Waals surface area contributed by atoms with Gasteiger partial charge in [0.15, 0.2) is 0 Å². The Morgan fingerprint density at radius 1 is 1.50 bits per heavy atom. The first-order valence-electron chi connectivity index (χ1n) is 5.18. The van der Waals surface area contributed by atoms with E-state index in [1.54, 1.807) is 6.07 Å². The summed E-state index contributed by atoms with van der Waals surface area (Å²) >= 11 is 6.93. The molecule has 3 N–H and O–H groups in total. The van der Waals surface area contributed by atoms with Crippen LogP contribution in [0.25, 0.3) is 0 Å². The molecule has 1 aromatic carbocycles. The number of nitrogens with two attached hydrogens (primary N) is 1. The number of hydrogen-bond donors (Lipinski definition) is 2. The molecule has 0 aromatic heterocycles. The van der Waals surface area contributed by atoms with Crippen LogP contribution in [0.4, 0.5) is 5.69 Å². The quantitative estimate of drug-likeness (QED) is 0.597. The van der Waals surface area contributed by atoms with Crippen molar-refractivity contribution >= 4 is 39.1 Å². The van der Waals surface area contributed by atoms with E-state index in [-0.39, 0.29) is 17.3 Å². The van der Waals surface area contributed by atoms with Crippen LogP contribution in [-0.4, -0.2) is 26.5 Å². The molecule has 0 atom stereocenters. The van der Waals surface area contributed by atoms with E-state index in [1.807, 2.05) is 18.2 Å². The Kier molecular flexibility index (Phi) is 6.01. The number of thioether (sulfide) groups is 1. The zero-order valence-corrected chi connectivity index (χ0v) is 12.1. The minimum atomic E-state index is -3.30. The van der Waals surface area contributed by atoms with E-state index >= 15 is 0 Å². The van der Waals surface area contributed by atoms with Gasteiger partial charge in [-0.15, -0.1) is 11.8 Å². The van der Waals surface area contributed by atoms with Crippen LogP contribution >= 0.6 is 23.4 Å². The third-order valence-electron chi connectivity index (χ3n) is 1.96. The second-order valence-corrected chi connectivity index (χ2v) is 7.21. The highest BCUT2D eigenvalue weighted by molar-refractivity contribution is 8.00. The van der Waals surface area contributed by atoms with Crippen molar-refractivity contribution < 1.29 is 8.42 Å². The normalized spacial score (nSPS) is 11.4. The van der Waals surface area contributed by atoms with Gasteiger partial charge in [-0.3, -0.25) is 0 Å². The molecule has 0 aliphatic carbocycles. The lowest BCUT2D eigenvalue weighted by molar-refractivity contribution is 0.587. The monoisotopic (exact) mass is 306 g/mol. The average Bonchev–Trinajstić information content (AvgIpc) is 2.26. The molecule has 100 valence electrons. The zero-order chi connectivity index (χ0) is 13.6. The molecule has 7 heteroatoms. The lowest BCUT2D eigenvalue weighted by atomic mass is 10.3. The van der Waals surface area contributed by atoms with Crippen LogP contribution in [0.1, 0.15) is 0 Å². The van der Waals surface area contributed by atoms with Crippen LogP contribution in [0.3, 0.4) is 0 Å². The summed E-state index contributed by atoms with van der Waals surface area (Å²) in [6, 6.07) is 7.32. The number of benzene rings is 1.